The second kappa shape index (κ2) is 7.11. The molecule has 0 aromatic rings. The fourth-order valence-electron chi connectivity index (χ4n) is 2.18. The number of rotatable bonds is 2. The van der Waals surface area contributed by atoms with Crippen molar-refractivity contribution in [2.24, 2.45) is 0 Å². The number of ether oxygens (including phenoxy) is 1. The van der Waals surface area contributed by atoms with Crippen LogP contribution in [-0.4, -0.2) is 82.4 Å². The van der Waals surface area contributed by atoms with Gasteiger partial charge in [-0.25, -0.2) is 4.79 Å². The van der Waals surface area contributed by atoms with Crippen LogP contribution in [0.2, 0.25) is 0 Å². The summed E-state index contributed by atoms with van der Waals surface area (Å²) in [7, 11) is 1.79. The SMILES string of the molecule is CN1CCC(NC(=O)OC(C)(C)C)CC1(C)C(=O)O.[NaH]. The van der Waals surface area contributed by atoms with Crippen molar-refractivity contribution in [3.05, 3.63) is 0 Å². The van der Waals surface area contributed by atoms with Crippen molar-refractivity contribution in [3.63, 3.8) is 0 Å². The van der Waals surface area contributed by atoms with Crippen molar-refractivity contribution < 1.29 is 19.4 Å². The summed E-state index contributed by atoms with van der Waals surface area (Å²) in [5.74, 6) is -0.870. The summed E-state index contributed by atoms with van der Waals surface area (Å²) in [6.07, 6.45) is 0.603. The third-order valence-electron chi connectivity index (χ3n) is 3.48. The first-order valence-corrected chi connectivity index (χ1v) is 6.49. The van der Waals surface area contributed by atoms with Gasteiger partial charge in [-0.1, -0.05) is 0 Å². The van der Waals surface area contributed by atoms with Gasteiger partial charge in [0.15, 0.2) is 0 Å². The van der Waals surface area contributed by atoms with Gasteiger partial charge >= 0.3 is 41.6 Å². The van der Waals surface area contributed by atoms with Crippen LogP contribution in [0.5, 0.6) is 0 Å². The third-order valence-corrected chi connectivity index (χ3v) is 3.48. The molecule has 2 unspecified atom stereocenters. The second-order valence-electron chi connectivity index (χ2n) is 6.34. The molecule has 1 fully saturated rings. The molecule has 1 heterocycles. The first-order valence-electron chi connectivity index (χ1n) is 6.49. The quantitative estimate of drug-likeness (QED) is 0.737. The molecule has 0 bridgehead atoms. The third kappa shape index (κ3) is 5.24. The van der Waals surface area contributed by atoms with Crippen molar-refractivity contribution in [2.75, 3.05) is 13.6 Å². The van der Waals surface area contributed by atoms with Crippen molar-refractivity contribution >= 4 is 41.6 Å². The van der Waals surface area contributed by atoms with Crippen molar-refractivity contribution in [2.45, 2.75) is 57.7 Å². The van der Waals surface area contributed by atoms with E-state index in [9.17, 15) is 14.7 Å². The topological polar surface area (TPSA) is 78.9 Å². The van der Waals surface area contributed by atoms with Crippen LogP contribution in [0.3, 0.4) is 0 Å². The summed E-state index contributed by atoms with van der Waals surface area (Å²) in [5, 5.41) is 12.1. The normalized spacial score (nSPS) is 27.4. The number of alkyl carbamates (subject to hydrolysis) is 1. The van der Waals surface area contributed by atoms with Gasteiger partial charge in [0.2, 0.25) is 0 Å². The van der Waals surface area contributed by atoms with Crippen LogP contribution >= 0.6 is 0 Å². The number of nitrogens with zero attached hydrogens (tertiary/aromatic N) is 1. The van der Waals surface area contributed by atoms with Gasteiger partial charge in [-0.15, -0.1) is 0 Å². The summed E-state index contributed by atoms with van der Waals surface area (Å²) in [6.45, 7) is 7.69. The Morgan fingerprint density at radius 2 is 1.95 bits per heavy atom. The molecule has 0 aromatic heterocycles. The number of hydrogen-bond acceptors (Lipinski definition) is 4. The van der Waals surface area contributed by atoms with Gasteiger partial charge in [0, 0.05) is 12.6 Å². The molecule has 1 amide bonds. The molecule has 1 rings (SSSR count). The van der Waals surface area contributed by atoms with Gasteiger partial charge < -0.3 is 15.2 Å². The number of likely N-dealkylation sites (tertiary alicyclic amines) is 1. The fraction of sp³-hybridized carbons (Fsp3) is 0.846. The van der Waals surface area contributed by atoms with E-state index in [1.807, 2.05) is 4.90 Å². The average Bonchev–Trinajstić information content (AvgIpc) is 2.20. The van der Waals surface area contributed by atoms with Crippen LogP contribution in [0.1, 0.15) is 40.5 Å². The number of hydrogen-bond donors (Lipinski definition) is 2. The number of carboxylic acid groups (broad SMARTS) is 1. The van der Waals surface area contributed by atoms with Crippen molar-refractivity contribution in [1.82, 2.24) is 10.2 Å². The van der Waals surface area contributed by atoms with Crippen molar-refractivity contribution in [3.8, 4) is 0 Å². The van der Waals surface area contributed by atoms with Crippen LogP contribution in [0.25, 0.3) is 0 Å². The molecule has 1 saturated heterocycles. The summed E-state index contributed by atoms with van der Waals surface area (Å²) < 4.78 is 5.18. The molecule has 0 aliphatic carbocycles. The molecule has 2 N–H and O–H groups in total. The Morgan fingerprint density at radius 1 is 1.40 bits per heavy atom. The zero-order chi connectivity index (χ0) is 14.8. The van der Waals surface area contributed by atoms with Gasteiger partial charge in [0.05, 0.1) is 0 Å². The minimum atomic E-state index is -0.946. The van der Waals surface area contributed by atoms with Crippen LogP contribution in [0.4, 0.5) is 4.79 Å². The standard InChI is InChI=1S/C13H24N2O4.Na.H/c1-12(2,3)19-11(18)14-9-6-7-15(5)13(4,8-9)10(16)17;;/h9H,6-8H2,1-5H3,(H,14,18)(H,16,17);;. The first kappa shape index (κ1) is 19.7. The zero-order valence-electron chi connectivity index (χ0n) is 12.3. The van der Waals surface area contributed by atoms with E-state index in [0.717, 1.165) is 6.42 Å². The number of carboxylic acids is 1. The maximum atomic E-state index is 11.7. The molecule has 112 valence electrons. The van der Waals surface area contributed by atoms with E-state index in [0.29, 0.717) is 13.0 Å². The van der Waals surface area contributed by atoms with Crippen LogP contribution in [-0.2, 0) is 9.53 Å². The fourth-order valence-corrected chi connectivity index (χ4v) is 2.18. The van der Waals surface area contributed by atoms with E-state index in [-0.39, 0.29) is 35.6 Å². The molecule has 0 aromatic carbocycles. The van der Waals surface area contributed by atoms with E-state index in [4.69, 9.17) is 4.74 Å². The Balaban J connectivity index is 0.00000361. The Bertz CT molecular complexity index is 370. The second-order valence-corrected chi connectivity index (χ2v) is 6.34. The van der Waals surface area contributed by atoms with E-state index in [1.165, 1.54) is 0 Å². The number of likely N-dealkylation sites (N-methyl/N-ethyl adjacent to an activating group) is 1. The molecule has 20 heavy (non-hydrogen) atoms. The van der Waals surface area contributed by atoms with Gasteiger partial charge in [-0.3, -0.25) is 9.69 Å². The van der Waals surface area contributed by atoms with Crippen LogP contribution in [0.15, 0.2) is 0 Å². The maximum absolute atomic E-state index is 11.7. The Morgan fingerprint density at radius 3 is 2.40 bits per heavy atom. The monoisotopic (exact) mass is 296 g/mol. The Hall–Kier alpha value is -0.300. The molecule has 1 aliphatic rings. The van der Waals surface area contributed by atoms with Crippen LogP contribution < -0.4 is 5.32 Å². The van der Waals surface area contributed by atoms with Gasteiger partial charge in [-0.05, 0) is 47.6 Å². The van der Waals surface area contributed by atoms with Gasteiger partial charge in [0.25, 0.3) is 0 Å². The van der Waals surface area contributed by atoms with E-state index in [1.54, 1.807) is 34.7 Å². The molecule has 7 heteroatoms. The van der Waals surface area contributed by atoms with Gasteiger partial charge in [-0.2, -0.15) is 0 Å². The first-order chi connectivity index (χ1) is 8.54. The summed E-state index contributed by atoms with van der Waals surface area (Å²) in [4.78, 5) is 24.9. The summed E-state index contributed by atoms with van der Waals surface area (Å²) >= 11 is 0. The van der Waals surface area contributed by atoms with Crippen LogP contribution in [0, 0.1) is 0 Å². The molecule has 0 spiro atoms. The number of piperidine rings is 1. The molecular weight excluding hydrogens is 271 g/mol. The van der Waals surface area contributed by atoms with Crippen molar-refractivity contribution in [1.29, 1.82) is 0 Å². The van der Waals surface area contributed by atoms with E-state index in [2.05, 4.69) is 5.32 Å². The number of carbonyl (C=O) groups is 2. The summed E-state index contributed by atoms with van der Waals surface area (Å²) in [5.41, 5.74) is -1.50. The molecule has 0 saturated carbocycles. The Kier molecular flexibility index (Phi) is 7.01. The van der Waals surface area contributed by atoms with E-state index < -0.39 is 23.2 Å². The minimum absolute atomic E-state index is 0. The number of aliphatic carboxylic acids is 1. The predicted molar refractivity (Wildman–Crippen MR) is 78.2 cm³/mol. The summed E-state index contributed by atoms with van der Waals surface area (Å²) in [6, 6.07) is -0.174. The molecule has 6 nitrogen and oxygen atoms in total. The molecule has 1 aliphatic heterocycles. The number of carbonyl (C=O) groups excluding carboxylic acids is 1. The number of amides is 1. The van der Waals surface area contributed by atoms with E-state index >= 15 is 0 Å². The zero-order valence-corrected chi connectivity index (χ0v) is 12.3. The predicted octanol–water partition coefficient (Wildman–Crippen LogP) is 0.800. The van der Waals surface area contributed by atoms with Gasteiger partial charge in [0.1, 0.15) is 11.1 Å². The molecular formula is C13H25N2NaO4. The average molecular weight is 296 g/mol. The number of nitrogens with one attached hydrogen (secondary N) is 1. The molecule has 0 radical (unpaired) electrons. The molecule has 2 atom stereocenters. The Labute approximate surface area is 142 Å².